The Kier molecular flexibility index (Phi) is 18.4. The van der Waals surface area contributed by atoms with Crippen LogP contribution in [0.4, 0.5) is 0 Å². The van der Waals surface area contributed by atoms with Gasteiger partial charge in [-0.3, -0.25) is 31.8 Å². The van der Waals surface area contributed by atoms with Gasteiger partial charge in [-0.2, -0.15) is 0 Å². The predicted octanol–water partition coefficient (Wildman–Crippen LogP) is -7.35. The van der Waals surface area contributed by atoms with Crippen LogP contribution in [-0.2, 0) is 53.7 Å². The Hall–Kier alpha value is -2.48. The molecule has 0 unspecified atom stereocenters. The van der Waals surface area contributed by atoms with Crippen molar-refractivity contribution < 1.29 is 129 Å². The minimum atomic E-state index is -5.58. The monoisotopic (exact) mass is 582 g/mol. The van der Waals surface area contributed by atoms with E-state index in [9.17, 15) is 41.7 Å². The summed E-state index contributed by atoms with van der Waals surface area (Å²) in [6.07, 6.45) is -5.27. The molecular weight excluding hydrogens is 567 g/mol. The van der Waals surface area contributed by atoms with Gasteiger partial charge in [0, 0.05) is 10.4 Å². The van der Waals surface area contributed by atoms with Crippen LogP contribution in [0.5, 0.6) is 0 Å². The van der Waals surface area contributed by atoms with E-state index in [0.29, 0.717) is 0 Å². The number of aliphatic carboxylic acids is 6. The maximum Gasteiger partial charge on any atom is 1.00 e. The van der Waals surface area contributed by atoms with Crippen molar-refractivity contribution in [3.8, 4) is 0 Å². The molecule has 24 heteroatoms. The average molecular weight is 582 g/mol. The fourth-order valence-corrected chi connectivity index (χ4v) is 2.29. The van der Waals surface area contributed by atoms with Crippen LogP contribution in [-0.4, -0.2) is 113 Å². The summed E-state index contributed by atoms with van der Waals surface area (Å²) in [6, 6.07) is 0. The molecule has 0 aliphatic carbocycles. The number of carboxylic acids is 6. The third-order valence-corrected chi connectivity index (χ3v) is 3.33. The average Bonchev–Trinajstić information content (AvgIpc) is 2.48. The SMILES string of the molecule is O=C(O)CC(CC(=O)O)(OS(=O)(=O)[O-])C(=O)O.O=C(O)CC(O)(CC(=O)O)C(=O)O.O=S(=O)([O-])[O-].[Na+]. The van der Waals surface area contributed by atoms with Crippen molar-refractivity contribution in [2.45, 2.75) is 36.9 Å². The molecule has 0 atom stereocenters. The molecule has 0 aromatic rings. The van der Waals surface area contributed by atoms with Gasteiger partial charge in [0.05, 0.1) is 25.7 Å². The molecule has 0 aromatic heterocycles. The number of hydrogen-bond donors (Lipinski definition) is 7. The van der Waals surface area contributed by atoms with Crippen LogP contribution >= 0.6 is 0 Å². The summed E-state index contributed by atoms with van der Waals surface area (Å²) < 4.78 is 68.5. The summed E-state index contributed by atoms with van der Waals surface area (Å²) >= 11 is 0. The Morgan fingerprint density at radius 3 is 1.00 bits per heavy atom. The van der Waals surface area contributed by atoms with Gasteiger partial charge < -0.3 is 49.4 Å². The van der Waals surface area contributed by atoms with E-state index < -0.39 is 93.5 Å². The third-order valence-electron chi connectivity index (χ3n) is 2.81. The van der Waals surface area contributed by atoms with Gasteiger partial charge in [0.1, 0.15) is 0 Å². The maximum absolute atomic E-state index is 10.7. The normalized spacial score (nSPS) is 11.2. The molecule has 0 amide bonds. The number of aliphatic hydroxyl groups is 1. The van der Waals surface area contributed by atoms with Crippen molar-refractivity contribution >= 4 is 56.6 Å². The van der Waals surface area contributed by atoms with Crippen molar-refractivity contribution in [3.63, 3.8) is 0 Å². The molecule has 0 rings (SSSR count). The number of carboxylic acid groups (broad SMARTS) is 6. The van der Waals surface area contributed by atoms with Gasteiger partial charge in [-0.15, -0.1) is 0 Å². The second kappa shape index (κ2) is 16.3. The summed E-state index contributed by atoms with van der Waals surface area (Å²) in [5, 5.41) is 59.2. The molecule has 0 radical (unpaired) electrons. The smallest absolute Gasteiger partial charge is 0.759 e. The number of hydrogen-bond acceptors (Lipinski definition) is 15. The van der Waals surface area contributed by atoms with E-state index in [4.69, 9.17) is 53.3 Å². The first-order valence-corrected chi connectivity index (χ1v) is 10.3. The van der Waals surface area contributed by atoms with E-state index >= 15 is 0 Å². The number of carbonyl (C=O) groups is 6. The van der Waals surface area contributed by atoms with E-state index in [1.54, 1.807) is 0 Å². The van der Waals surface area contributed by atoms with Crippen LogP contribution in [0.1, 0.15) is 25.7 Å². The molecule has 7 N–H and O–H groups in total. The zero-order valence-corrected chi connectivity index (χ0v) is 21.1. The van der Waals surface area contributed by atoms with Crippen molar-refractivity contribution in [1.29, 1.82) is 0 Å². The number of rotatable bonds is 12. The Morgan fingerprint density at radius 1 is 0.611 bits per heavy atom. The Bertz CT molecular complexity index is 987. The summed E-state index contributed by atoms with van der Waals surface area (Å²) in [6.45, 7) is 0. The molecule has 0 spiro atoms. The van der Waals surface area contributed by atoms with E-state index in [1.807, 2.05) is 0 Å². The second-order valence-electron chi connectivity index (χ2n) is 5.82. The second-order valence-corrected chi connectivity index (χ2v) is 7.62. The first-order chi connectivity index (χ1) is 15.3. The molecule has 21 nitrogen and oxygen atoms in total. The van der Waals surface area contributed by atoms with Crippen LogP contribution < -0.4 is 29.6 Å². The van der Waals surface area contributed by atoms with Gasteiger partial charge in [-0.25, -0.2) is 18.0 Å². The molecule has 0 saturated carbocycles. The standard InChI is InChI=1S/C6H8O10S.C6H8O7.Na.H2O4S/c7-3(8)1-6(5(11)12,2-4(9)10)16-17(13,14)15;7-3(8)1-6(13,5(11)12)2-4(9)10;;1-5(2,3)4/h1-2H2,(H,7,8)(H,9,10)(H,11,12)(H,13,14,15);13H,1-2H2,(H,7,8)(H,9,10)(H,11,12);;(H2,1,2,3,4)/q;;+1;/p-3. The quantitative estimate of drug-likeness (QED) is 0.0637. The van der Waals surface area contributed by atoms with E-state index in [-0.39, 0.29) is 29.6 Å². The topological polar surface area (TPSA) is 391 Å². The van der Waals surface area contributed by atoms with Crippen LogP contribution in [0.25, 0.3) is 0 Å². The van der Waals surface area contributed by atoms with E-state index in [2.05, 4.69) is 4.18 Å². The largest absolute Gasteiger partial charge is 1.00 e. The molecule has 0 bridgehead atoms. The molecule has 0 aliphatic heterocycles. The summed E-state index contributed by atoms with van der Waals surface area (Å²) in [4.78, 5) is 61.9. The fourth-order valence-electron chi connectivity index (χ4n) is 1.71. The molecule has 0 saturated heterocycles. The Labute approximate surface area is 221 Å². The maximum atomic E-state index is 10.7. The van der Waals surface area contributed by atoms with Gasteiger partial charge in [0.15, 0.2) is 5.60 Å². The zero-order valence-electron chi connectivity index (χ0n) is 17.5. The van der Waals surface area contributed by atoms with E-state index in [1.165, 1.54) is 0 Å². The van der Waals surface area contributed by atoms with Gasteiger partial charge in [0.2, 0.25) is 16.0 Å². The van der Waals surface area contributed by atoms with Crippen molar-refractivity contribution in [3.05, 3.63) is 0 Å². The predicted molar refractivity (Wildman–Crippen MR) is 93.2 cm³/mol. The van der Waals surface area contributed by atoms with Gasteiger partial charge >= 0.3 is 65.4 Å². The molecule has 0 heterocycles. The zero-order chi connectivity index (χ0) is 29.0. The van der Waals surface area contributed by atoms with Crippen molar-refractivity contribution in [1.82, 2.24) is 0 Å². The van der Waals surface area contributed by atoms with Crippen molar-refractivity contribution in [2.24, 2.45) is 0 Å². The minimum absolute atomic E-state index is 0. The summed E-state index contributed by atoms with van der Waals surface area (Å²) in [5.41, 5.74) is -5.89. The third kappa shape index (κ3) is 23.3. The Morgan fingerprint density at radius 2 is 0.861 bits per heavy atom. The molecule has 0 fully saturated rings. The van der Waals surface area contributed by atoms with Crippen LogP contribution in [0.2, 0.25) is 0 Å². The first-order valence-electron chi connectivity index (χ1n) is 7.66. The first kappa shape index (κ1) is 40.7. The van der Waals surface area contributed by atoms with Gasteiger partial charge in [0.25, 0.3) is 0 Å². The molecule has 36 heavy (non-hydrogen) atoms. The molecule has 0 aromatic carbocycles. The molecule has 204 valence electrons. The van der Waals surface area contributed by atoms with Gasteiger partial charge in [-0.1, -0.05) is 0 Å². The minimum Gasteiger partial charge on any atom is -0.759 e. The van der Waals surface area contributed by atoms with Crippen LogP contribution in [0, 0.1) is 0 Å². The summed E-state index contributed by atoms with van der Waals surface area (Å²) in [7, 11) is -10.7. The van der Waals surface area contributed by atoms with Crippen LogP contribution in [0.15, 0.2) is 0 Å². The molecular formula is C12H15NaO21S2-2. The Balaban J connectivity index is -0.000000239. The molecule has 0 aliphatic rings. The van der Waals surface area contributed by atoms with Crippen molar-refractivity contribution in [2.75, 3.05) is 0 Å². The van der Waals surface area contributed by atoms with Crippen LogP contribution in [0.3, 0.4) is 0 Å². The van der Waals surface area contributed by atoms with E-state index in [0.717, 1.165) is 0 Å². The summed E-state index contributed by atoms with van der Waals surface area (Å²) in [5.74, 6) is -10.9. The fraction of sp³-hybridized carbons (Fsp3) is 0.500. The van der Waals surface area contributed by atoms with Gasteiger partial charge in [-0.05, 0) is 0 Å².